The molecule has 1 aromatic carbocycles. The minimum absolute atomic E-state index is 0.208. The van der Waals surface area contributed by atoms with Crippen molar-refractivity contribution >= 4 is 10.9 Å². The Balaban J connectivity index is 1.94. The fourth-order valence-corrected chi connectivity index (χ4v) is 2.22. The predicted molar refractivity (Wildman–Crippen MR) is 73.6 cm³/mol. The number of hydrogen-bond donors (Lipinski definition) is 0. The summed E-state index contributed by atoms with van der Waals surface area (Å²) in [5.41, 5.74) is 1.88. The summed E-state index contributed by atoms with van der Waals surface area (Å²) in [6.07, 6.45) is 3.95. The number of aromatic nitrogens is 3. The molecule has 0 unspecified atom stereocenters. The van der Waals surface area contributed by atoms with Crippen LogP contribution >= 0.6 is 0 Å². The highest BCUT2D eigenvalue weighted by molar-refractivity contribution is 5.80. The molecule has 0 N–H and O–H groups in total. The largest absolute Gasteiger partial charge is 0.341 e. The van der Waals surface area contributed by atoms with Gasteiger partial charge in [-0.25, -0.2) is 4.39 Å². The van der Waals surface area contributed by atoms with Crippen LogP contribution in [0.4, 0.5) is 4.39 Å². The predicted octanol–water partition coefficient (Wildman–Crippen LogP) is 3.61. The molecule has 0 spiro atoms. The maximum Gasteiger partial charge on any atom is 0.125 e. The average Bonchev–Trinajstić information content (AvgIpc) is 2.98. The van der Waals surface area contributed by atoms with Crippen molar-refractivity contribution in [3.63, 3.8) is 0 Å². The average molecular weight is 257 g/mol. The van der Waals surface area contributed by atoms with Crippen LogP contribution in [0.5, 0.6) is 0 Å². The van der Waals surface area contributed by atoms with Gasteiger partial charge in [-0.15, -0.1) is 0 Å². The topological polar surface area (TPSA) is 22.8 Å². The van der Waals surface area contributed by atoms with Crippen molar-refractivity contribution in [2.75, 3.05) is 0 Å². The van der Waals surface area contributed by atoms with Crippen LogP contribution in [-0.2, 0) is 6.54 Å². The number of hydrogen-bond acceptors (Lipinski definition) is 1. The molecule has 0 fully saturated rings. The Morgan fingerprint density at radius 1 is 1.16 bits per heavy atom. The molecule has 0 saturated heterocycles. The van der Waals surface area contributed by atoms with Crippen LogP contribution in [0.2, 0.25) is 0 Å². The Hall–Kier alpha value is -2.10. The van der Waals surface area contributed by atoms with Crippen LogP contribution in [0, 0.1) is 5.82 Å². The molecule has 0 amide bonds. The van der Waals surface area contributed by atoms with E-state index >= 15 is 0 Å². The molecule has 0 aliphatic carbocycles. The molecule has 3 nitrogen and oxygen atoms in total. The molecule has 3 aromatic rings. The van der Waals surface area contributed by atoms with Gasteiger partial charge in [0.1, 0.15) is 5.82 Å². The van der Waals surface area contributed by atoms with E-state index in [1.54, 1.807) is 12.1 Å². The summed E-state index contributed by atoms with van der Waals surface area (Å²) >= 11 is 0. The molecule has 0 aliphatic heterocycles. The summed E-state index contributed by atoms with van der Waals surface area (Å²) in [6.45, 7) is 4.85. The third-order valence-corrected chi connectivity index (χ3v) is 3.26. The Bertz CT molecular complexity index is 709. The van der Waals surface area contributed by atoms with Crippen molar-refractivity contribution in [3.8, 4) is 0 Å². The lowest BCUT2D eigenvalue weighted by molar-refractivity contribution is 0.524. The summed E-state index contributed by atoms with van der Waals surface area (Å²) in [4.78, 5) is 0. The minimum Gasteiger partial charge on any atom is -0.341 e. The number of fused-ring (bicyclic) bond motifs is 1. The van der Waals surface area contributed by atoms with Gasteiger partial charge < -0.3 is 4.57 Å². The Morgan fingerprint density at radius 2 is 2.00 bits per heavy atom. The molecule has 19 heavy (non-hydrogen) atoms. The fourth-order valence-electron chi connectivity index (χ4n) is 2.22. The Kier molecular flexibility index (Phi) is 2.85. The number of halogens is 1. The molecular weight excluding hydrogens is 241 g/mol. The van der Waals surface area contributed by atoms with Gasteiger partial charge in [0.15, 0.2) is 0 Å². The van der Waals surface area contributed by atoms with E-state index in [0.29, 0.717) is 12.6 Å². The normalized spacial score (nSPS) is 11.6. The van der Waals surface area contributed by atoms with E-state index in [-0.39, 0.29) is 5.82 Å². The van der Waals surface area contributed by atoms with Gasteiger partial charge in [-0.2, -0.15) is 5.10 Å². The zero-order chi connectivity index (χ0) is 13.4. The monoisotopic (exact) mass is 257 g/mol. The Labute approximate surface area is 111 Å². The van der Waals surface area contributed by atoms with Gasteiger partial charge in [0.25, 0.3) is 0 Å². The molecule has 2 aromatic heterocycles. The second-order valence-corrected chi connectivity index (χ2v) is 5.03. The number of rotatable bonds is 3. The molecule has 3 rings (SSSR count). The third kappa shape index (κ3) is 2.26. The molecule has 0 bridgehead atoms. The second kappa shape index (κ2) is 4.53. The first kappa shape index (κ1) is 12.0. The van der Waals surface area contributed by atoms with E-state index in [2.05, 4.69) is 18.9 Å². The maximum atomic E-state index is 13.3. The van der Waals surface area contributed by atoms with E-state index in [1.807, 2.05) is 33.8 Å². The van der Waals surface area contributed by atoms with Crippen molar-refractivity contribution in [2.24, 2.45) is 0 Å². The van der Waals surface area contributed by atoms with Gasteiger partial charge in [-0.05, 0) is 49.6 Å². The highest BCUT2D eigenvalue weighted by Crippen LogP contribution is 2.18. The van der Waals surface area contributed by atoms with Crippen LogP contribution in [0.25, 0.3) is 10.9 Å². The molecule has 0 atom stereocenters. The van der Waals surface area contributed by atoms with Crippen molar-refractivity contribution < 1.29 is 4.39 Å². The minimum atomic E-state index is -0.208. The van der Waals surface area contributed by atoms with Gasteiger partial charge in [0.05, 0.1) is 17.8 Å². The highest BCUT2D eigenvalue weighted by atomic mass is 19.1. The lowest BCUT2D eigenvalue weighted by atomic mass is 10.2. The molecular formula is C15H16FN3. The molecule has 4 heteroatoms. The van der Waals surface area contributed by atoms with E-state index < -0.39 is 0 Å². The van der Waals surface area contributed by atoms with Crippen molar-refractivity contribution in [1.82, 2.24) is 14.3 Å². The standard InChI is InChI=1S/C15H16FN3/c1-11(2)19-8-6-14(17-19)10-18-7-5-12-3-4-13(16)9-15(12)18/h3-9,11H,10H2,1-2H3. The quantitative estimate of drug-likeness (QED) is 0.703. The summed E-state index contributed by atoms with van der Waals surface area (Å²) in [5.74, 6) is -0.208. The van der Waals surface area contributed by atoms with Gasteiger partial charge in [-0.1, -0.05) is 0 Å². The first-order chi connectivity index (χ1) is 9.13. The molecule has 0 radical (unpaired) electrons. The lowest BCUT2D eigenvalue weighted by Gasteiger charge is -2.05. The van der Waals surface area contributed by atoms with Crippen LogP contribution in [0.15, 0.2) is 42.7 Å². The molecule has 0 saturated carbocycles. The van der Waals surface area contributed by atoms with Crippen LogP contribution in [0.1, 0.15) is 25.6 Å². The van der Waals surface area contributed by atoms with Crippen molar-refractivity contribution in [2.45, 2.75) is 26.4 Å². The Morgan fingerprint density at radius 3 is 2.74 bits per heavy atom. The summed E-state index contributed by atoms with van der Waals surface area (Å²) < 4.78 is 17.3. The van der Waals surface area contributed by atoms with Crippen molar-refractivity contribution in [3.05, 3.63) is 54.2 Å². The maximum absolute atomic E-state index is 13.3. The van der Waals surface area contributed by atoms with Gasteiger partial charge in [0, 0.05) is 18.4 Å². The zero-order valence-corrected chi connectivity index (χ0v) is 11.0. The first-order valence-electron chi connectivity index (χ1n) is 6.42. The smallest absolute Gasteiger partial charge is 0.125 e. The van der Waals surface area contributed by atoms with Crippen LogP contribution in [0.3, 0.4) is 0 Å². The third-order valence-electron chi connectivity index (χ3n) is 3.26. The van der Waals surface area contributed by atoms with Gasteiger partial charge in [-0.3, -0.25) is 4.68 Å². The van der Waals surface area contributed by atoms with Gasteiger partial charge in [0.2, 0.25) is 0 Å². The zero-order valence-electron chi connectivity index (χ0n) is 11.0. The van der Waals surface area contributed by atoms with E-state index in [1.165, 1.54) is 6.07 Å². The molecule has 98 valence electrons. The van der Waals surface area contributed by atoms with Crippen LogP contribution < -0.4 is 0 Å². The molecule has 2 heterocycles. The number of benzene rings is 1. The summed E-state index contributed by atoms with van der Waals surface area (Å²) in [7, 11) is 0. The van der Waals surface area contributed by atoms with Gasteiger partial charge >= 0.3 is 0 Å². The summed E-state index contributed by atoms with van der Waals surface area (Å²) in [6, 6.07) is 9.20. The van der Waals surface area contributed by atoms with E-state index in [0.717, 1.165) is 16.6 Å². The molecule has 0 aliphatic rings. The highest BCUT2D eigenvalue weighted by Gasteiger charge is 2.06. The fraction of sp³-hybridized carbons (Fsp3) is 0.267. The van der Waals surface area contributed by atoms with Crippen LogP contribution in [-0.4, -0.2) is 14.3 Å². The van der Waals surface area contributed by atoms with Crippen molar-refractivity contribution in [1.29, 1.82) is 0 Å². The summed E-state index contributed by atoms with van der Waals surface area (Å²) in [5, 5.41) is 5.56. The number of nitrogens with zero attached hydrogens (tertiary/aromatic N) is 3. The van der Waals surface area contributed by atoms with E-state index in [4.69, 9.17) is 0 Å². The lowest BCUT2D eigenvalue weighted by Crippen LogP contribution is -2.04. The second-order valence-electron chi connectivity index (χ2n) is 5.03. The SMILES string of the molecule is CC(C)n1ccc(Cn2ccc3ccc(F)cc32)n1. The first-order valence-corrected chi connectivity index (χ1v) is 6.42. The van der Waals surface area contributed by atoms with E-state index in [9.17, 15) is 4.39 Å².